The summed E-state index contributed by atoms with van der Waals surface area (Å²) in [6.07, 6.45) is 0. The second kappa shape index (κ2) is 6.13. The van der Waals surface area contributed by atoms with Crippen LogP contribution in [-0.4, -0.2) is 35.6 Å². The summed E-state index contributed by atoms with van der Waals surface area (Å²) in [6.45, 7) is 0. The van der Waals surface area contributed by atoms with Gasteiger partial charge in [0, 0.05) is 22.6 Å². The summed E-state index contributed by atoms with van der Waals surface area (Å²) in [6, 6.07) is -0.117. The average molecular weight is 239 g/mol. The molecule has 1 aliphatic heterocycles. The Labute approximate surface area is 104 Å². The maximum atomic E-state index is 10.3. The molecule has 0 spiro atoms. The molecule has 12 heavy (non-hydrogen) atoms. The molecule has 8 heteroatoms. The van der Waals surface area contributed by atoms with E-state index in [1.165, 1.54) is 0 Å². The van der Waals surface area contributed by atoms with Gasteiger partial charge in [-0.3, -0.25) is 4.55 Å². The van der Waals surface area contributed by atoms with Gasteiger partial charge in [-0.15, -0.1) is 23.5 Å². The summed E-state index contributed by atoms with van der Waals surface area (Å²) in [4.78, 5) is 0. The van der Waals surface area contributed by atoms with E-state index in [2.05, 4.69) is 4.72 Å². The maximum Gasteiger partial charge on any atom is 1.00 e. The Balaban J connectivity index is 0. The third kappa shape index (κ3) is 6.09. The Morgan fingerprint density at radius 1 is 1.42 bits per heavy atom. The zero-order chi connectivity index (χ0) is 8.32. The quantitative estimate of drug-likeness (QED) is 0.405. The summed E-state index contributed by atoms with van der Waals surface area (Å²) in [5.41, 5.74) is 0. The fourth-order valence-electron chi connectivity index (χ4n) is 0.766. The fourth-order valence-corrected chi connectivity index (χ4v) is 3.93. The Morgan fingerprint density at radius 2 is 1.92 bits per heavy atom. The van der Waals surface area contributed by atoms with E-state index in [9.17, 15) is 8.42 Å². The van der Waals surface area contributed by atoms with Crippen molar-refractivity contribution >= 4 is 33.8 Å². The molecule has 0 radical (unpaired) electrons. The van der Waals surface area contributed by atoms with Crippen LogP contribution in [0, 0.1) is 0 Å². The van der Waals surface area contributed by atoms with Crippen LogP contribution in [0.3, 0.4) is 0 Å². The van der Waals surface area contributed by atoms with Crippen LogP contribution < -0.4 is 34.3 Å². The van der Waals surface area contributed by atoms with Crippen molar-refractivity contribution in [3.05, 3.63) is 0 Å². The second-order valence-electron chi connectivity index (χ2n) is 2.15. The van der Waals surface area contributed by atoms with Gasteiger partial charge in [0.05, 0.1) is 0 Å². The van der Waals surface area contributed by atoms with Crippen molar-refractivity contribution in [1.29, 1.82) is 0 Å². The molecule has 0 aromatic heterocycles. The van der Waals surface area contributed by atoms with Gasteiger partial charge >= 0.3 is 39.9 Å². The van der Waals surface area contributed by atoms with Gasteiger partial charge in [0.2, 0.25) is 0 Å². The summed E-state index contributed by atoms with van der Waals surface area (Å²) in [5, 5.41) is 1.00. The second-order valence-corrected chi connectivity index (χ2v) is 5.76. The van der Waals surface area contributed by atoms with E-state index >= 15 is 0 Å². The summed E-state index contributed by atoms with van der Waals surface area (Å²) < 4.78 is 31.2. The molecular formula is C4H10NNaO3S3. The Morgan fingerprint density at radius 3 is 2.33 bits per heavy atom. The number of rotatable bonds is 2. The van der Waals surface area contributed by atoms with Crippen LogP contribution in [0.2, 0.25) is 0 Å². The van der Waals surface area contributed by atoms with E-state index < -0.39 is 10.3 Å². The van der Waals surface area contributed by atoms with Gasteiger partial charge in [-0.2, -0.15) is 13.1 Å². The molecule has 1 fully saturated rings. The molecule has 0 bridgehead atoms. The number of nitrogens with one attached hydrogen (secondary N) is 1. The molecule has 0 aromatic carbocycles. The Kier molecular flexibility index (Phi) is 6.93. The van der Waals surface area contributed by atoms with E-state index in [-0.39, 0.29) is 37.0 Å². The van der Waals surface area contributed by atoms with Crippen molar-refractivity contribution in [3.8, 4) is 0 Å². The molecule has 0 amide bonds. The van der Waals surface area contributed by atoms with Crippen molar-refractivity contribution in [2.45, 2.75) is 6.04 Å². The van der Waals surface area contributed by atoms with Crippen LogP contribution in [0.4, 0.5) is 0 Å². The number of hydrogen-bond acceptors (Lipinski definition) is 4. The minimum absolute atomic E-state index is 0. The van der Waals surface area contributed by atoms with Crippen molar-refractivity contribution in [3.63, 3.8) is 0 Å². The fraction of sp³-hybridized carbons (Fsp3) is 1.00. The summed E-state index contributed by atoms with van der Waals surface area (Å²) >= 11 is 3.34. The van der Waals surface area contributed by atoms with Crippen molar-refractivity contribution < 1.29 is 44.0 Å². The van der Waals surface area contributed by atoms with E-state index in [0.29, 0.717) is 0 Å². The first-order valence-electron chi connectivity index (χ1n) is 2.98. The first kappa shape index (κ1) is 13.6. The predicted molar refractivity (Wildman–Crippen MR) is 49.4 cm³/mol. The predicted octanol–water partition coefficient (Wildman–Crippen LogP) is -2.70. The van der Waals surface area contributed by atoms with Crippen LogP contribution in [-0.2, 0) is 10.3 Å². The molecule has 2 N–H and O–H groups in total. The van der Waals surface area contributed by atoms with Gasteiger partial charge in [-0.25, -0.2) is 0 Å². The maximum absolute atomic E-state index is 10.3. The minimum atomic E-state index is -4.00. The van der Waals surface area contributed by atoms with Crippen LogP contribution in [0.25, 0.3) is 0 Å². The van der Waals surface area contributed by atoms with E-state index in [0.717, 1.165) is 16.6 Å². The molecule has 0 aromatic rings. The third-order valence-corrected chi connectivity index (χ3v) is 4.36. The van der Waals surface area contributed by atoms with Crippen molar-refractivity contribution in [1.82, 2.24) is 4.72 Å². The average Bonchev–Trinajstić information content (AvgIpc) is 1.85. The van der Waals surface area contributed by atoms with Crippen molar-refractivity contribution in [2.24, 2.45) is 0 Å². The topological polar surface area (TPSA) is 66.4 Å². The van der Waals surface area contributed by atoms with Gasteiger partial charge in [0.25, 0.3) is 0 Å². The van der Waals surface area contributed by atoms with E-state index in [1.807, 2.05) is 0 Å². The molecule has 0 aliphatic carbocycles. The SMILES string of the molecule is O=S(=O)(O)NC1CSCSC1.[H-].[Na+]. The van der Waals surface area contributed by atoms with E-state index in [4.69, 9.17) is 4.55 Å². The Hall–Kier alpha value is 1.57. The summed E-state index contributed by atoms with van der Waals surface area (Å²) in [7, 11) is -4.00. The molecule has 68 valence electrons. The van der Waals surface area contributed by atoms with Crippen LogP contribution >= 0.6 is 23.5 Å². The standard InChI is InChI=1S/C4H9NO3S3.Na.H/c6-11(7,8)5-4-1-9-3-10-2-4;;/h4-5H,1-3H2,(H,6,7,8);;/q;+1;-1. The van der Waals surface area contributed by atoms with Crippen molar-refractivity contribution in [2.75, 3.05) is 16.6 Å². The smallest absolute Gasteiger partial charge is 1.00 e. The van der Waals surface area contributed by atoms with Crippen LogP contribution in [0.15, 0.2) is 0 Å². The molecular weight excluding hydrogens is 229 g/mol. The molecule has 4 nitrogen and oxygen atoms in total. The molecule has 0 atom stereocenters. The van der Waals surface area contributed by atoms with Gasteiger partial charge in [-0.1, -0.05) is 0 Å². The molecule has 1 aliphatic rings. The van der Waals surface area contributed by atoms with E-state index in [1.54, 1.807) is 23.5 Å². The molecule has 0 saturated carbocycles. The van der Waals surface area contributed by atoms with Crippen LogP contribution in [0.5, 0.6) is 0 Å². The first-order chi connectivity index (χ1) is 5.08. The normalized spacial score (nSPS) is 20.1. The molecule has 0 unspecified atom stereocenters. The zero-order valence-electron chi connectivity index (χ0n) is 7.69. The molecule has 1 rings (SSSR count). The first-order valence-corrected chi connectivity index (χ1v) is 6.73. The molecule has 1 heterocycles. The molecule has 1 saturated heterocycles. The minimum Gasteiger partial charge on any atom is -1.00 e. The largest absolute Gasteiger partial charge is 1.00 e. The monoisotopic (exact) mass is 239 g/mol. The third-order valence-electron chi connectivity index (χ3n) is 1.12. The van der Waals surface area contributed by atoms with Gasteiger partial charge in [0.1, 0.15) is 0 Å². The summed E-state index contributed by atoms with van der Waals surface area (Å²) in [5.74, 6) is 1.49. The Bertz CT molecular complexity index is 219. The van der Waals surface area contributed by atoms with Gasteiger partial charge in [-0.05, 0) is 0 Å². The number of thioether (sulfide) groups is 2. The van der Waals surface area contributed by atoms with Gasteiger partial charge in [0.15, 0.2) is 0 Å². The van der Waals surface area contributed by atoms with Gasteiger partial charge < -0.3 is 1.43 Å². The zero-order valence-corrected chi connectivity index (χ0v) is 11.1. The van der Waals surface area contributed by atoms with Crippen LogP contribution in [0.1, 0.15) is 1.43 Å². The number of hydrogen-bond donors (Lipinski definition) is 2.